The van der Waals surface area contributed by atoms with Crippen LogP contribution in [0, 0.1) is 13.8 Å². The van der Waals surface area contributed by atoms with E-state index in [1.807, 2.05) is 32.0 Å². The van der Waals surface area contributed by atoms with Gasteiger partial charge in [0.1, 0.15) is 5.75 Å². The second-order valence-electron chi connectivity index (χ2n) is 4.35. The predicted molar refractivity (Wildman–Crippen MR) is 71.6 cm³/mol. The number of carbonyl (C=O) groups is 1. The molecule has 5 heteroatoms. The number of anilines is 1. The smallest absolute Gasteiger partial charge is 0.337 e. The number of hydrogen-bond acceptors (Lipinski definition) is 4. The molecule has 0 aliphatic carbocycles. The molecule has 0 fully saturated rings. The van der Waals surface area contributed by atoms with Crippen molar-refractivity contribution in [2.45, 2.75) is 13.8 Å². The zero-order valence-electron chi connectivity index (χ0n) is 10.7. The summed E-state index contributed by atoms with van der Waals surface area (Å²) in [5.74, 6) is -0.244. The maximum Gasteiger partial charge on any atom is 0.337 e. The van der Waals surface area contributed by atoms with Crippen LogP contribution in [0.1, 0.15) is 21.5 Å². The first-order valence-electron chi connectivity index (χ1n) is 5.70. The third-order valence-corrected chi connectivity index (χ3v) is 2.54. The minimum absolute atomic E-state index is 0.0327. The monoisotopic (exact) mass is 258 g/mol. The Morgan fingerprint density at radius 2 is 1.84 bits per heavy atom. The molecule has 1 heterocycles. The minimum atomic E-state index is -1.07. The number of aromatic nitrogens is 1. The van der Waals surface area contributed by atoms with Crippen LogP contribution in [0.4, 0.5) is 5.69 Å². The lowest BCUT2D eigenvalue weighted by molar-refractivity contribution is 0.0696. The van der Waals surface area contributed by atoms with E-state index in [4.69, 9.17) is 15.6 Å². The Bertz CT molecular complexity index is 618. The van der Waals surface area contributed by atoms with Crippen molar-refractivity contribution in [1.82, 2.24) is 4.98 Å². The minimum Gasteiger partial charge on any atom is -0.478 e. The standard InChI is InChI=1S/C14H14N2O3/c1-8-3-9(2)5-11(4-8)19-13-12(15)6-10(7-16-13)14(17)18/h3-7H,15H2,1-2H3,(H,17,18). The summed E-state index contributed by atoms with van der Waals surface area (Å²) in [6.45, 7) is 3.92. The average molecular weight is 258 g/mol. The van der Waals surface area contributed by atoms with Gasteiger partial charge in [-0.25, -0.2) is 9.78 Å². The number of pyridine rings is 1. The van der Waals surface area contributed by atoms with Crippen LogP contribution in [0.5, 0.6) is 11.6 Å². The van der Waals surface area contributed by atoms with E-state index in [1.54, 1.807) is 0 Å². The molecule has 0 spiro atoms. The largest absolute Gasteiger partial charge is 0.478 e. The zero-order chi connectivity index (χ0) is 14.0. The first kappa shape index (κ1) is 12.9. The Hall–Kier alpha value is -2.56. The van der Waals surface area contributed by atoms with Crippen LogP contribution in [0.25, 0.3) is 0 Å². The molecule has 1 aromatic carbocycles. The Morgan fingerprint density at radius 1 is 1.21 bits per heavy atom. The van der Waals surface area contributed by atoms with Gasteiger partial charge in [-0.1, -0.05) is 6.07 Å². The van der Waals surface area contributed by atoms with Crippen LogP contribution < -0.4 is 10.5 Å². The van der Waals surface area contributed by atoms with Gasteiger partial charge in [0.25, 0.3) is 0 Å². The SMILES string of the molecule is Cc1cc(C)cc(Oc2ncc(C(=O)O)cc2N)c1. The van der Waals surface area contributed by atoms with Crippen molar-refractivity contribution in [1.29, 1.82) is 0 Å². The number of carboxylic acid groups (broad SMARTS) is 1. The van der Waals surface area contributed by atoms with Gasteiger partial charge in [-0.05, 0) is 43.2 Å². The highest BCUT2D eigenvalue weighted by Gasteiger charge is 2.09. The molecule has 0 bridgehead atoms. The van der Waals surface area contributed by atoms with Gasteiger partial charge in [-0.15, -0.1) is 0 Å². The third kappa shape index (κ3) is 3.01. The van der Waals surface area contributed by atoms with E-state index in [9.17, 15) is 4.79 Å². The van der Waals surface area contributed by atoms with Crippen molar-refractivity contribution in [3.05, 3.63) is 47.2 Å². The van der Waals surface area contributed by atoms with Crippen LogP contribution in [-0.4, -0.2) is 16.1 Å². The second kappa shape index (κ2) is 4.97. The molecule has 0 saturated carbocycles. The number of nitrogen functional groups attached to an aromatic ring is 1. The van der Waals surface area contributed by atoms with Crippen molar-refractivity contribution in [3.8, 4) is 11.6 Å². The van der Waals surface area contributed by atoms with Crippen LogP contribution in [0.15, 0.2) is 30.5 Å². The van der Waals surface area contributed by atoms with Gasteiger partial charge in [0.15, 0.2) is 0 Å². The van der Waals surface area contributed by atoms with E-state index in [2.05, 4.69) is 4.98 Å². The highest BCUT2D eigenvalue weighted by atomic mass is 16.5. The van der Waals surface area contributed by atoms with Crippen LogP contribution in [0.2, 0.25) is 0 Å². The predicted octanol–water partition coefficient (Wildman–Crippen LogP) is 2.77. The van der Waals surface area contributed by atoms with E-state index >= 15 is 0 Å². The molecule has 19 heavy (non-hydrogen) atoms. The number of nitrogens with zero attached hydrogens (tertiary/aromatic N) is 1. The van der Waals surface area contributed by atoms with Crippen LogP contribution >= 0.6 is 0 Å². The molecule has 0 radical (unpaired) electrons. The number of benzene rings is 1. The highest BCUT2D eigenvalue weighted by Crippen LogP contribution is 2.27. The van der Waals surface area contributed by atoms with Crippen molar-refractivity contribution in [2.75, 3.05) is 5.73 Å². The van der Waals surface area contributed by atoms with Crippen LogP contribution in [0.3, 0.4) is 0 Å². The molecule has 2 rings (SSSR count). The third-order valence-electron chi connectivity index (χ3n) is 2.54. The fourth-order valence-corrected chi connectivity index (χ4v) is 1.77. The Labute approximate surface area is 110 Å². The topological polar surface area (TPSA) is 85.4 Å². The number of nitrogens with two attached hydrogens (primary N) is 1. The number of hydrogen-bond donors (Lipinski definition) is 2. The van der Waals surface area contributed by atoms with Gasteiger partial charge in [0, 0.05) is 6.20 Å². The maximum absolute atomic E-state index is 10.8. The summed E-state index contributed by atoms with van der Waals surface area (Å²) in [4.78, 5) is 14.7. The number of aromatic carboxylic acids is 1. The van der Waals surface area contributed by atoms with Crippen molar-refractivity contribution >= 4 is 11.7 Å². The first-order valence-corrected chi connectivity index (χ1v) is 5.70. The van der Waals surface area contributed by atoms with Gasteiger partial charge in [0.05, 0.1) is 11.3 Å². The quantitative estimate of drug-likeness (QED) is 0.884. The summed E-state index contributed by atoms with van der Waals surface area (Å²) in [5.41, 5.74) is 8.09. The van der Waals surface area contributed by atoms with E-state index in [0.717, 1.165) is 11.1 Å². The van der Waals surface area contributed by atoms with Gasteiger partial charge in [-0.3, -0.25) is 0 Å². The molecule has 2 aromatic rings. The molecule has 98 valence electrons. The van der Waals surface area contributed by atoms with E-state index in [0.29, 0.717) is 5.75 Å². The fraction of sp³-hybridized carbons (Fsp3) is 0.143. The summed E-state index contributed by atoms with van der Waals surface area (Å²) in [5, 5.41) is 8.83. The van der Waals surface area contributed by atoms with E-state index in [-0.39, 0.29) is 17.1 Å². The van der Waals surface area contributed by atoms with Gasteiger partial charge in [-0.2, -0.15) is 0 Å². The Morgan fingerprint density at radius 3 is 2.37 bits per heavy atom. The lowest BCUT2D eigenvalue weighted by Gasteiger charge is -2.09. The molecule has 0 aliphatic rings. The molecule has 3 N–H and O–H groups in total. The van der Waals surface area contributed by atoms with Gasteiger partial charge in [0.2, 0.25) is 5.88 Å². The summed E-state index contributed by atoms with van der Waals surface area (Å²) < 4.78 is 5.58. The lowest BCUT2D eigenvalue weighted by Crippen LogP contribution is -2.01. The highest BCUT2D eigenvalue weighted by molar-refractivity contribution is 5.88. The number of ether oxygens (including phenoxy) is 1. The summed E-state index contributed by atoms with van der Waals surface area (Å²) in [6, 6.07) is 7.07. The van der Waals surface area contributed by atoms with E-state index in [1.165, 1.54) is 12.3 Å². The fourth-order valence-electron chi connectivity index (χ4n) is 1.77. The number of rotatable bonds is 3. The molecular weight excluding hydrogens is 244 g/mol. The van der Waals surface area contributed by atoms with Crippen molar-refractivity contribution in [2.24, 2.45) is 0 Å². The Balaban J connectivity index is 2.30. The number of aryl methyl sites for hydroxylation is 2. The maximum atomic E-state index is 10.8. The summed E-state index contributed by atoms with van der Waals surface area (Å²) in [7, 11) is 0. The second-order valence-corrected chi connectivity index (χ2v) is 4.35. The molecule has 0 aliphatic heterocycles. The van der Waals surface area contributed by atoms with Crippen molar-refractivity contribution in [3.63, 3.8) is 0 Å². The zero-order valence-corrected chi connectivity index (χ0v) is 10.7. The number of carboxylic acids is 1. The van der Waals surface area contributed by atoms with Gasteiger partial charge < -0.3 is 15.6 Å². The van der Waals surface area contributed by atoms with Crippen molar-refractivity contribution < 1.29 is 14.6 Å². The van der Waals surface area contributed by atoms with E-state index < -0.39 is 5.97 Å². The lowest BCUT2D eigenvalue weighted by atomic mass is 10.1. The summed E-state index contributed by atoms with van der Waals surface area (Å²) >= 11 is 0. The molecule has 0 amide bonds. The Kier molecular flexibility index (Phi) is 3.37. The molecule has 5 nitrogen and oxygen atoms in total. The normalized spacial score (nSPS) is 10.2. The molecule has 0 atom stereocenters. The van der Waals surface area contributed by atoms with Crippen LogP contribution in [-0.2, 0) is 0 Å². The molecule has 0 unspecified atom stereocenters. The average Bonchev–Trinajstić information content (AvgIpc) is 2.30. The van der Waals surface area contributed by atoms with Gasteiger partial charge >= 0.3 is 5.97 Å². The molecular formula is C14H14N2O3. The molecule has 1 aromatic heterocycles. The first-order chi connectivity index (χ1) is 8.95. The molecule has 0 saturated heterocycles. The summed E-state index contributed by atoms with van der Waals surface area (Å²) in [6.07, 6.45) is 1.22.